The van der Waals surface area contributed by atoms with Crippen molar-refractivity contribution in [3.8, 4) is 0 Å². The largest absolute Gasteiger partial charge is 0.511 e. The van der Waals surface area contributed by atoms with E-state index in [4.69, 9.17) is 10.5 Å². The third-order valence-corrected chi connectivity index (χ3v) is 7.19. The fourth-order valence-corrected chi connectivity index (χ4v) is 5.09. The first-order chi connectivity index (χ1) is 14.4. The number of anilines is 1. The van der Waals surface area contributed by atoms with Crippen LogP contribution in [0, 0.1) is 12.8 Å². The molecule has 4 N–H and O–H groups in total. The summed E-state index contributed by atoms with van der Waals surface area (Å²) in [6, 6.07) is 5.86. The summed E-state index contributed by atoms with van der Waals surface area (Å²) in [4.78, 5) is 14.3. The van der Waals surface area contributed by atoms with E-state index in [0.717, 1.165) is 27.4 Å². The molecule has 1 aromatic heterocycles. The van der Waals surface area contributed by atoms with Gasteiger partial charge < -0.3 is 15.6 Å². The first-order valence-corrected chi connectivity index (χ1v) is 11.5. The molecular weight excluding hydrogens is 410 g/mol. The van der Waals surface area contributed by atoms with Crippen molar-refractivity contribution in [2.75, 3.05) is 5.73 Å². The summed E-state index contributed by atoms with van der Waals surface area (Å²) in [6.07, 6.45) is 3.30. The lowest BCUT2D eigenvalue weighted by Crippen LogP contribution is -2.44. The molecule has 6 nitrogen and oxygen atoms in total. The van der Waals surface area contributed by atoms with Crippen molar-refractivity contribution < 1.29 is 14.6 Å². The number of nitrogens with one attached hydrogen (secondary N) is 1. The minimum atomic E-state index is -0.750. The maximum absolute atomic E-state index is 13.1. The standard InChI is InChI=1S/C24H33N3O3S/c1-14(2)24(9-7-16-8-10-26-27-16)13-19(28)21(22(29)30-24)31-20-11-15(3)18(25)12-17(20)23(4,5)6/h8,10-12,14,28H,7,9,13,25H2,1-6H3,(H,26,27). The van der Waals surface area contributed by atoms with Crippen LogP contribution in [0.15, 0.2) is 40.0 Å². The van der Waals surface area contributed by atoms with E-state index in [2.05, 4.69) is 31.0 Å². The SMILES string of the molecule is Cc1cc(SC2=C(O)CC(CCc3ccn[nH]3)(C(C)C)OC2=O)c(C(C)(C)C)cc1N. The lowest BCUT2D eigenvalue weighted by Gasteiger charge is -2.40. The van der Waals surface area contributed by atoms with Crippen LogP contribution in [0.4, 0.5) is 5.69 Å². The number of nitrogen functional groups attached to an aromatic ring is 1. The number of aromatic amines is 1. The number of benzene rings is 1. The number of ether oxygens (including phenoxy) is 1. The number of H-pyrrole nitrogens is 1. The van der Waals surface area contributed by atoms with Gasteiger partial charge in [-0.05, 0) is 60.4 Å². The van der Waals surface area contributed by atoms with Gasteiger partial charge in [-0.15, -0.1) is 0 Å². The highest BCUT2D eigenvalue weighted by atomic mass is 32.2. The third kappa shape index (κ3) is 4.92. The molecule has 0 amide bonds. The second-order valence-electron chi connectivity index (χ2n) is 9.70. The highest BCUT2D eigenvalue weighted by Gasteiger charge is 2.44. The van der Waals surface area contributed by atoms with Crippen molar-refractivity contribution >= 4 is 23.4 Å². The maximum atomic E-state index is 13.1. The van der Waals surface area contributed by atoms with Crippen LogP contribution >= 0.6 is 11.8 Å². The second-order valence-corrected chi connectivity index (χ2v) is 10.8. The molecule has 1 aromatic carbocycles. The first kappa shape index (κ1) is 23.3. The number of cyclic esters (lactones) is 1. The lowest BCUT2D eigenvalue weighted by atomic mass is 9.80. The van der Waals surface area contributed by atoms with Gasteiger partial charge in [0.15, 0.2) is 0 Å². The number of esters is 1. The average molecular weight is 444 g/mol. The Bertz CT molecular complexity index is 990. The molecule has 3 rings (SSSR count). The van der Waals surface area contributed by atoms with Gasteiger partial charge in [-0.25, -0.2) is 4.79 Å². The molecule has 0 saturated heterocycles. The number of carbonyl (C=O) groups excluding carboxylic acids is 1. The average Bonchev–Trinajstić information content (AvgIpc) is 3.18. The smallest absolute Gasteiger partial charge is 0.349 e. The monoisotopic (exact) mass is 443 g/mol. The highest BCUT2D eigenvalue weighted by molar-refractivity contribution is 8.04. The van der Waals surface area contributed by atoms with Gasteiger partial charge in [0.05, 0.1) is 0 Å². The molecule has 2 aromatic rings. The number of aromatic nitrogens is 2. The number of thioether (sulfide) groups is 1. The molecule has 0 fully saturated rings. The number of nitrogens with two attached hydrogens (primary N) is 1. The Kier molecular flexibility index (Phi) is 6.46. The molecule has 0 aliphatic carbocycles. The summed E-state index contributed by atoms with van der Waals surface area (Å²) in [6.45, 7) is 12.3. The summed E-state index contributed by atoms with van der Waals surface area (Å²) in [5, 5.41) is 17.9. The normalized spacial score (nSPS) is 19.8. The quantitative estimate of drug-likeness (QED) is 0.406. The molecule has 31 heavy (non-hydrogen) atoms. The van der Waals surface area contributed by atoms with Crippen LogP contribution in [0.3, 0.4) is 0 Å². The topological polar surface area (TPSA) is 101 Å². The number of aliphatic hydroxyl groups is 1. The van der Waals surface area contributed by atoms with Gasteiger partial charge >= 0.3 is 5.97 Å². The van der Waals surface area contributed by atoms with E-state index in [1.807, 2.05) is 39.0 Å². The van der Waals surface area contributed by atoms with Crippen LogP contribution < -0.4 is 5.73 Å². The molecule has 0 radical (unpaired) electrons. The van der Waals surface area contributed by atoms with Crippen LogP contribution in [0.25, 0.3) is 0 Å². The third-order valence-electron chi connectivity index (χ3n) is 6.03. The molecule has 1 unspecified atom stereocenters. The highest BCUT2D eigenvalue weighted by Crippen LogP contribution is 2.45. The molecule has 1 atom stereocenters. The van der Waals surface area contributed by atoms with E-state index in [1.54, 1.807) is 6.20 Å². The number of hydrogen-bond donors (Lipinski definition) is 3. The molecule has 1 aliphatic rings. The molecule has 2 heterocycles. The van der Waals surface area contributed by atoms with Gasteiger partial charge in [-0.3, -0.25) is 5.10 Å². The van der Waals surface area contributed by atoms with E-state index >= 15 is 0 Å². The number of aryl methyl sites for hydroxylation is 2. The van der Waals surface area contributed by atoms with Gasteiger partial charge in [0.1, 0.15) is 16.3 Å². The summed E-state index contributed by atoms with van der Waals surface area (Å²) in [7, 11) is 0. The zero-order chi connectivity index (χ0) is 23.0. The van der Waals surface area contributed by atoms with Crippen molar-refractivity contribution in [3.63, 3.8) is 0 Å². The van der Waals surface area contributed by atoms with E-state index in [-0.39, 0.29) is 22.0 Å². The van der Waals surface area contributed by atoms with Crippen LogP contribution in [0.5, 0.6) is 0 Å². The Morgan fingerprint density at radius 3 is 2.61 bits per heavy atom. The van der Waals surface area contributed by atoms with Crippen molar-refractivity contribution in [3.05, 3.63) is 51.9 Å². The van der Waals surface area contributed by atoms with Crippen molar-refractivity contribution in [1.29, 1.82) is 0 Å². The summed E-state index contributed by atoms with van der Waals surface area (Å²) in [5.74, 6) is -0.327. The van der Waals surface area contributed by atoms with Gasteiger partial charge in [0.25, 0.3) is 0 Å². The van der Waals surface area contributed by atoms with E-state index in [0.29, 0.717) is 19.3 Å². The molecule has 0 spiro atoms. The fourth-order valence-electron chi connectivity index (χ4n) is 3.85. The number of nitrogens with zero attached hydrogens (tertiary/aromatic N) is 1. The van der Waals surface area contributed by atoms with Crippen molar-refractivity contribution in [2.45, 2.75) is 76.7 Å². The summed E-state index contributed by atoms with van der Waals surface area (Å²) >= 11 is 1.27. The van der Waals surface area contributed by atoms with Crippen molar-refractivity contribution in [2.24, 2.45) is 5.92 Å². The van der Waals surface area contributed by atoms with Gasteiger partial charge in [0, 0.05) is 28.9 Å². The van der Waals surface area contributed by atoms with E-state index in [9.17, 15) is 9.90 Å². The van der Waals surface area contributed by atoms with Crippen LogP contribution in [-0.4, -0.2) is 26.9 Å². The van der Waals surface area contributed by atoms with Crippen LogP contribution in [0.2, 0.25) is 0 Å². The molecule has 0 bridgehead atoms. The fraction of sp³-hybridized carbons (Fsp3) is 0.500. The Morgan fingerprint density at radius 1 is 1.35 bits per heavy atom. The summed E-state index contributed by atoms with van der Waals surface area (Å²) < 4.78 is 6.03. The van der Waals surface area contributed by atoms with E-state index < -0.39 is 11.6 Å². The zero-order valence-electron chi connectivity index (χ0n) is 19.2. The molecule has 0 saturated carbocycles. The van der Waals surface area contributed by atoms with Gasteiger partial charge in [-0.2, -0.15) is 5.10 Å². The Hall–Kier alpha value is -2.41. The van der Waals surface area contributed by atoms with E-state index in [1.165, 1.54) is 11.8 Å². The second kappa shape index (κ2) is 8.61. The van der Waals surface area contributed by atoms with Crippen molar-refractivity contribution in [1.82, 2.24) is 10.2 Å². The minimum absolute atomic E-state index is 0.0528. The van der Waals surface area contributed by atoms with Gasteiger partial charge in [-0.1, -0.05) is 46.4 Å². The Balaban J connectivity index is 1.92. The van der Waals surface area contributed by atoms with Gasteiger partial charge in [0.2, 0.25) is 0 Å². The molecule has 1 aliphatic heterocycles. The number of hydrogen-bond acceptors (Lipinski definition) is 6. The molecular formula is C24H33N3O3S. The Morgan fingerprint density at radius 2 is 2.06 bits per heavy atom. The maximum Gasteiger partial charge on any atom is 0.349 e. The number of carbonyl (C=O) groups is 1. The molecule has 168 valence electrons. The van der Waals surface area contributed by atoms with Crippen LogP contribution in [0.1, 0.15) is 64.3 Å². The number of rotatable bonds is 6. The van der Waals surface area contributed by atoms with Crippen LogP contribution in [-0.2, 0) is 21.4 Å². The predicted octanol–water partition coefficient (Wildman–Crippen LogP) is 5.43. The molecule has 7 heteroatoms. The summed E-state index contributed by atoms with van der Waals surface area (Å²) in [5.41, 5.74) is 8.91. The number of aliphatic hydroxyl groups excluding tert-OH is 1. The minimum Gasteiger partial charge on any atom is -0.511 e. The lowest BCUT2D eigenvalue weighted by molar-refractivity contribution is -0.164. The predicted molar refractivity (Wildman–Crippen MR) is 125 cm³/mol. The zero-order valence-corrected chi connectivity index (χ0v) is 20.0. The first-order valence-electron chi connectivity index (χ1n) is 10.6. The Labute approximate surface area is 188 Å².